The lowest BCUT2D eigenvalue weighted by Crippen LogP contribution is -2.44. The fraction of sp³-hybridized carbons (Fsp3) is 0.500. The number of rotatable bonds is 0. The maximum Gasteiger partial charge on any atom is 0.134 e. The summed E-state index contributed by atoms with van der Waals surface area (Å²) in [6, 6.07) is 9.14. The van der Waals surface area contributed by atoms with Crippen molar-refractivity contribution >= 4 is 5.78 Å². The highest BCUT2D eigenvalue weighted by molar-refractivity contribution is 5.80. The van der Waals surface area contributed by atoms with Gasteiger partial charge in [-0.15, -0.1) is 0 Å². The monoisotopic (exact) mass is 215 g/mol. The van der Waals surface area contributed by atoms with Crippen molar-refractivity contribution < 1.29 is 4.79 Å². The molecule has 3 rings (SSSR count). The third kappa shape index (κ3) is 1.49. The van der Waals surface area contributed by atoms with Crippen molar-refractivity contribution in [3.05, 3.63) is 35.4 Å². The number of carbonyl (C=O) groups is 1. The Morgan fingerprint density at radius 2 is 2.12 bits per heavy atom. The van der Waals surface area contributed by atoms with E-state index in [1.807, 2.05) is 0 Å². The number of benzene rings is 1. The minimum absolute atomic E-state index is 0.437. The number of ketones is 1. The average Bonchev–Trinajstić information content (AvgIpc) is 2.29. The molecule has 0 saturated heterocycles. The van der Waals surface area contributed by atoms with Crippen LogP contribution in [-0.2, 0) is 11.3 Å². The highest BCUT2D eigenvalue weighted by atomic mass is 16.1. The normalized spacial score (nSPS) is 29.7. The molecule has 0 bridgehead atoms. The van der Waals surface area contributed by atoms with Crippen LogP contribution in [-0.4, -0.2) is 23.8 Å². The number of likely N-dealkylation sites (N-methyl/N-ethyl adjacent to an activating group) is 1. The molecule has 0 aromatic heterocycles. The summed E-state index contributed by atoms with van der Waals surface area (Å²) in [5, 5.41) is 0. The van der Waals surface area contributed by atoms with E-state index in [2.05, 4.69) is 36.2 Å². The van der Waals surface area contributed by atoms with Crippen LogP contribution in [0, 0.1) is 0 Å². The van der Waals surface area contributed by atoms with Gasteiger partial charge in [0.15, 0.2) is 0 Å². The van der Waals surface area contributed by atoms with Crippen LogP contribution in [0.5, 0.6) is 0 Å². The van der Waals surface area contributed by atoms with E-state index >= 15 is 0 Å². The zero-order valence-electron chi connectivity index (χ0n) is 9.65. The highest BCUT2D eigenvalue weighted by Crippen LogP contribution is 2.40. The third-order valence-electron chi connectivity index (χ3n) is 4.08. The van der Waals surface area contributed by atoms with Gasteiger partial charge in [0.2, 0.25) is 0 Å². The molecule has 1 saturated carbocycles. The molecule has 1 aliphatic heterocycles. The van der Waals surface area contributed by atoms with Crippen LogP contribution in [0.1, 0.15) is 36.3 Å². The molecule has 0 radical (unpaired) electrons. The maximum absolute atomic E-state index is 11.5. The number of hydrogen-bond acceptors (Lipinski definition) is 2. The predicted molar refractivity (Wildman–Crippen MR) is 63.3 cm³/mol. The summed E-state index contributed by atoms with van der Waals surface area (Å²) >= 11 is 0. The van der Waals surface area contributed by atoms with Gasteiger partial charge in [-0.25, -0.2) is 0 Å². The van der Waals surface area contributed by atoms with E-state index in [1.165, 1.54) is 11.1 Å². The second kappa shape index (κ2) is 3.70. The molecule has 0 amide bonds. The van der Waals surface area contributed by atoms with Crippen molar-refractivity contribution in [2.24, 2.45) is 0 Å². The van der Waals surface area contributed by atoms with Crippen molar-refractivity contribution in [2.45, 2.75) is 37.8 Å². The van der Waals surface area contributed by atoms with E-state index in [4.69, 9.17) is 0 Å². The molecule has 1 aromatic carbocycles. The van der Waals surface area contributed by atoms with Crippen molar-refractivity contribution in [1.29, 1.82) is 0 Å². The number of fused-ring (bicyclic) bond motifs is 3. The van der Waals surface area contributed by atoms with Gasteiger partial charge in [0.1, 0.15) is 5.78 Å². The molecule has 1 aliphatic carbocycles. The second-order valence-corrected chi connectivity index (χ2v) is 5.07. The van der Waals surface area contributed by atoms with E-state index in [9.17, 15) is 4.79 Å². The lowest BCUT2D eigenvalue weighted by atomic mass is 9.75. The highest BCUT2D eigenvalue weighted by Gasteiger charge is 2.37. The van der Waals surface area contributed by atoms with Crippen LogP contribution in [0.3, 0.4) is 0 Å². The Labute approximate surface area is 96.3 Å². The topological polar surface area (TPSA) is 20.3 Å². The SMILES string of the molecule is CN1Cc2ccccc2C2CCC(=O)CC21. The lowest BCUT2D eigenvalue weighted by molar-refractivity contribution is -0.122. The summed E-state index contributed by atoms with van der Waals surface area (Å²) in [6.45, 7) is 0.991. The molecule has 2 heteroatoms. The van der Waals surface area contributed by atoms with E-state index in [0.717, 1.165) is 25.8 Å². The Balaban J connectivity index is 2.01. The van der Waals surface area contributed by atoms with Gasteiger partial charge in [0.25, 0.3) is 0 Å². The van der Waals surface area contributed by atoms with E-state index in [1.54, 1.807) is 0 Å². The quantitative estimate of drug-likeness (QED) is 0.662. The third-order valence-corrected chi connectivity index (χ3v) is 4.08. The molecule has 2 unspecified atom stereocenters. The summed E-state index contributed by atoms with van der Waals surface area (Å²) < 4.78 is 0. The summed E-state index contributed by atoms with van der Waals surface area (Å²) in [5.41, 5.74) is 2.93. The second-order valence-electron chi connectivity index (χ2n) is 5.07. The molecule has 1 aromatic rings. The van der Waals surface area contributed by atoms with Crippen LogP contribution >= 0.6 is 0 Å². The summed E-state index contributed by atoms with van der Waals surface area (Å²) in [7, 11) is 2.15. The maximum atomic E-state index is 11.5. The summed E-state index contributed by atoms with van der Waals surface area (Å²) in [5.74, 6) is 1.01. The van der Waals surface area contributed by atoms with Crippen LogP contribution in [0.25, 0.3) is 0 Å². The number of hydrogen-bond donors (Lipinski definition) is 0. The van der Waals surface area contributed by atoms with Gasteiger partial charge in [-0.2, -0.15) is 0 Å². The number of nitrogens with zero attached hydrogens (tertiary/aromatic N) is 1. The molecule has 2 aliphatic rings. The predicted octanol–water partition coefficient (Wildman–Crippen LogP) is 2.34. The Morgan fingerprint density at radius 1 is 1.31 bits per heavy atom. The summed E-state index contributed by atoms with van der Waals surface area (Å²) in [6.07, 6.45) is 2.55. The Bertz CT molecular complexity index is 426. The average molecular weight is 215 g/mol. The first-order valence-corrected chi connectivity index (χ1v) is 6.05. The molecule has 84 valence electrons. The minimum atomic E-state index is 0.437. The number of Topliss-reactive ketones (excluding diaryl/α,β-unsaturated/α-hetero) is 1. The van der Waals surface area contributed by atoms with Crippen LogP contribution in [0.15, 0.2) is 24.3 Å². The van der Waals surface area contributed by atoms with Crippen LogP contribution in [0.4, 0.5) is 0 Å². The largest absolute Gasteiger partial charge is 0.300 e. The van der Waals surface area contributed by atoms with E-state index < -0.39 is 0 Å². The molecule has 2 atom stereocenters. The van der Waals surface area contributed by atoms with Gasteiger partial charge < -0.3 is 0 Å². The molecule has 0 spiro atoms. The standard InChI is InChI=1S/C14H17NO/c1-15-9-10-4-2-3-5-12(10)13-7-6-11(16)8-14(13)15/h2-5,13-14H,6-9H2,1H3. The molecular formula is C14H17NO. The smallest absolute Gasteiger partial charge is 0.134 e. The van der Waals surface area contributed by atoms with Gasteiger partial charge in [0.05, 0.1) is 0 Å². The van der Waals surface area contributed by atoms with Crippen LogP contribution < -0.4 is 0 Å². The molecule has 1 heterocycles. The van der Waals surface area contributed by atoms with Crippen molar-refractivity contribution in [1.82, 2.24) is 4.90 Å². The zero-order valence-corrected chi connectivity index (χ0v) is 9.65. The molecular weight excluding hydrogens is 198 g/mol. The first-order chi connectivity index (χ1) is 7.75. The fourth-order valence-corrected chi connectivity index (χ4v) is 3.24. The molecule has 16 heavy (non-hydrogen) atoms. The lowest BCUT2D eigenvalue weighted by Gasteiger charge is -2.42. The van der Waals surface area contributed by atoms with Crippen molar-refractivity contribution in [2.75, 3.05) is 7.05 Å². The fourth-order valence-electron chi connectivity index (χ4n) is 3.24. The number of carbonyl (C=O) groups excluding carboxylic acids is 1. The molecule has 0 N–H and O–H groups in total. The van der Waals surface area contributed by atoms with E-state index in [-0.39, 0.29) is 0 Å². The van der Waals surface area contributed by atoms with Crippen LogP contribution in [0.2, 0.25) is 0 Å². The first-order valence-electron chi connectivity index (χ1n) is 6.05. The Morgan fingerprint density at radius 3 is 3.00 bits per heavy atom. The van der Waals surface area contributed by atoms with Crippen molar-refractivity contribution in [3.63, 3.8) is 0 Å². The van der Waals surface area contributed by atoms with Gasteiger partial charge in [-0.3, -0.25) is 9.69 Å². The van der Waals surface area contributed by atoms with Gasteiger partial charge in [-0.05, 0) is 24.6 Å². The summed E-state index contributed by atoms with van der Waals surface area (Å²) in [4.78, 5) is 13.9. The van der Waals surface area contributed by atoms with E-state index in [0.29, 0.717) is 17.7 Å². The molecule has 1 fully saturated rings. The Kier molecular flexibility index (Phi) is 2.32. The van der Waals surface area contributed by atoms with Gasteiger partial charge in [0, 0.05) is 31.3 Å². The molecule has 2 nitrogen and oxygen atoms in total. The van der Waals surface area contributed by atoms with Crippen molar-refractivity contribution in [3.8, 4) is 0 Å². The zero-order chi connectivity index (χ0) is 11.1. The van der Waals surface area contributed by atoms with Gasteiger partial charge in [-0.1, -0.05) is 24.3 Å². The minimum Gasteiger partial charge on any atom is -0.300 e. The van der Waals surface area contributed by atoms with Gasteiger partial charge >= 0.3 is 0 Å². The Hall–Kier alpha value is -1.15. The first kappa shape index (κ1) is 10.0.